The van der Waals surface area contributed by atoms with Crippen molar-refractivity contribution in [3.05, 3.63) is 52.1 Å². The Morgan fingerprint density at radius 1 is 1.20 bits per heavy atom. The molecule has 20 heavy (non-hydrogen) atoms. The minimum absolute atomic E-state index is 0.512. The average Bonchev–Trinajstić information content (AvgIpc) is 3.25. The van der Waals surface area contributed by atoms with Crippen LogP contribution in [0.5, 0.6) is 11.6 Å². The molecule has 1 aromatic heterocycles. The molecule has 0 aliphatic heterocycles. The van der Waals surface area contributed by atoms with E-state index in [1.54, 1.807) is 24.4 Å². The first-order valence-corrected chi connectivity index (χ1v) is 7.27. The van der Waals surface area contributed by atoms with Gasteiger partial charge in [-0.3, -0.25) is 0 Å². The predicted octanol–water partition coefficient (Wildman–Crippen LogP) is 4.43. The Hall–Kier alpha value is -1.29. The number of aromatic nitrogens is 1. The van der Waals surface area contributed by atoms with Gasteiger partial charge < -0.3 is 10.1 Å². The summed E-state index contributed by atoms with van der Waals surface area (Å²) in [6, 6.07) is 9.67. The maximum absolute atomic E-state index is 6.07. The average molecular weight is 309 g/mol. The Morgan fingerprint density at radius 2 is 2.05 bits per heavy atom. The number of halogens is 2. The van der Waals surface area contributed by atoms with E-state index in [0.29, 0.717) is 27.7 Å². The fraction of sp³-hybridized carbons (Fsp3) is 0.267. The van der Waals surface area contributed by atoms with Crippen molar-refractivity contribution in [2.75, 3.05) is 0 Å². The molecule has 0 saturated heterocycles. The van der Waals surface area contributed by atoms with E-state index in [-0.39, 0.29) is 0 Å². The summed E-state index contributed by atoms with van der Waals surface area (Å²) in [5, 5.41) is 4.55. The van der Waals surface area contributed by atoms with Crippen LogP contribution in [-0.2, 0) is 6.54 Å². The van der Waals surface area contributed by atoms with Crippen molar-refractivity contribution in [3.8, 4) is 11.6 Å². The van der Waals surface area contributed by atoms with Gasteiger partial charge in [0.2, 0.25) is 5.88 Å². The number of nitrogens with one attached hydrogen (secondary N) is 1. The number of hydrogen-bond donors (Lipinski definition) is 1. The van der Waals surface area contributed by atoms with Crippen molar-refractivity contribution >= 4 is 23.2 Å². The molecular weight excluding hydrogens is 295 g/mol. The maximum atomic E-state index is 6.07. The SMILES string of the molecule is Clc1ccc(Cl)c(Oc2cc(CNC3CC3)ccn2)c1. The molecule has 0 radical (unpaired) electrons. The summed E-state index contributed by atoms with van der Waals surface area (Å²) in [6.07, 6.45) is 4.27. The summed E-state index contributed by atoms with van der Waals surface area (Å²) in [6.45, 7) is 0.826. The molecule has 1 heterocycles. The first-order chi connectivity index (χ1) is 9.70. The fourth-order valence-electron chi connectivity index (χ4n) is 1.83. The molecule has 0 unspecified atom stereocenters. The molecular formula is C15H14Cl2N2O. The third-order valence-electron chi connectivity index (χ3n) is 3.08. The van der Waals surface area contributed by atoms with Gasteiger partial charge in [-0.25, -0.2) is 4.98 Å². The Balaban J connectivity index is 1.72. The standard InChI is InChI=1S/C15H14Cl2N2O/c16-11-1-4-13(17)14(8-11)20-15-7-10(5-6-18-15)9-19-12-2-3-12/h1,4-8,12,19H,2-3,9H2. The molecule has 1 aliphatic rings. The highest BCUT2D eigenvalue weighted by molar-refractivity contribution is 6.34. The molecule has 2 aromatic rings. The Labute approximate surface area is 127 Å². The summed E-state index contributed by atoms with van der Waals surface area (Å²) in [5.41, 5.74) is 1.14. The summed E-state index contributed by atoms with van der Waals surface area (Å²) >= 11 is 12.0. The van der Waals surface area contributed by atoms with Gasteiger partial charge in [-0.2, -0.15) is 0 Å². The van der Waals surface area contributed by atoms with E-state index >= 15 is 0 Å². The normalized spacial score (nSPS) is 14.3. The molecule has 0 spiro atoms. The van der Waals surface area contributed by atoms with Crippen LogP contribution in [0.4, 0.5) is 0 Å². The van der Waals surface area contributed by atoms with Crippen molar-refractivity contribution in [2.45, 2.75) is 25.4 Å². The molecule has 1 saturated carbocycles. The number of pyridine rings is 1. The second-order valence-corrected chi connectivity index (χ2v) is 5.68. The quantitative estimate of drug-likeness (QED) is 0.887. The van der Waals surface area contributed by atoms with Crippen molar-refractivity contribution in [3.63, 3.8) is 0 Å². The lowest BCUT2D eigenvalue weighted by Crippen LogP contribution is -2.15. The fourth-order valence-corrected chi connectivity index (χ4v) is 2.15. The Kier molecular flexibility index (Phi) is 4.10. The number of benzene rings is 1. The van der Waals surface area contributed by atoms with Crippen molar-refractivity contribution in [1.82, 2.24) is 10.3 Å². The van der Waals surface area contributed by atoms with Crippen LogP contribution < -0.4 is 10.1 Å². The van der Waals surface area contributed by atoms with Gasteiger partial charge in [-0.05, 0) is 36.6 Å². The van der Waals surface area contributed by atoms with Crippen LogP contribution in [0.15, 0.2) is 36.5 Å². The van der Waals surface area contributed by atoms with Crippen molar-refractivity contribution < 1.29 is 4.74 Å². The Bertz CT molecular complexity index is 615. The molecule has 0 bridgehead atoms. The summed E-state index contributed by atoms with van der Waals surface area (Å²) < 4.78 is 5.70. The molecule has 1 aliphatic carbocycles. The van der Waals surface area contributed by atoms with Gasteiger partial charge in [0.05, 0.1) is 5.02 Å². The van der Waals surface area contributed by atoms with Gasteiger partial charge in [-0.1, -0.05) is 23.2 Å². The van der Waals surface area contributed by atoms with Crippen LogP contribution in [0.25, 0.3) is 0 Å². The first-order valence-electron chi connectivity index (χ1n) is 6.52. The monoisotopic (exact) mass is 308 g/mol. The van der Waals surface area contributed by atoms with Crippen LogP contribution in [0, 0.1) is 0 Å². The third-order valence-corrected chi connectivity index (χ3v) is 3.63. The van der Waals surface area contributed by atoms with E-state index in [1.165, 1.54) is 12.8 Å². The van der Waals surface area contributed by atoms with Crippen LogP contribution in [0.1, 0.15) is 18.4 Å². The molecule has 1 fully saturated rings. The van der Waals surface area contributed by atoms with Crippen LogP contribution in [0.3, 0.4) is 0 Å². The molecule has 5 heteroatoms. The van der Waals surface area contributed by atoms with E-state index in [2.05, 4.69) is 10.3 Å². The lowest BCUT2D eigenvalue weighted by atomic mass is 10.2. The topological polar surface area (TPSA) is 34.1 Å². The van der Waals surface area contributed by atoms with E-state index < -0.39 is 0 Å². The van der Waals surface area contributed by atoms with Gasteiger partial charge in [0.15, 0.2) is 0 Å². The zero-order valence-corrected chi connectivity index (χ0v) is 12.3. The molecule has 0 amide bonds. The number of hydrogen-bond acceptors (Lipinski definition) is 3. The molecule has 3 rings (SSSR count). The number of ether oxygens (including phenoxy) is 1. The highest BCUT2D eigenvalue weighted by Gasteiger charge is 2.20. The zero-order chi connectivity index (χ0) is 13.9. The van der Waals surface area contributed by atoms with E-state index in [0.717, 1.165) is 12.1 Å². The highest BCUT2D eigenvalue weighted by atomic mass is 35.5. The van der Waals surface area contributed by atoms with Crippen molar-refractivity contribution in [2.24, 2.45) is 0 Å². The maximum Gasteiger partial charge on any atom is 0.219 e. The molecule has 104 valence electrons. The summed E-state index contributed by atoms with van der Waals surface area (Å²) in [4.78, 5) is 4.20. The number of rotatable bonds is 5. The van der Waals surface area contributed by atoms with Crippen LogP contribution in [-0.4, -0.2) is 11.0 Å². The minimum Gasteiger partial charge on any atom is -0.437 e. The van der Waals surface area contributed by atoms with Crippen LogP contribution in [0.2, 0.25) is 10.0 Å². The second-order valence-electron chi connectivity index (χ2n) is 4.83. The lowest BCUT2D eigenvalue weighted by molar-refractivity contribution is 0.462. The minimum atomic E-state index is 0.512. The van der Waals surface area contributed by atoms with Gasteiger partial charge >= 0.3 is 0 Å². The van der Waals surface area contributed by atoms with E-state index in [4.69, 9.17) is 27.9 Å². The zero-order valence-electron chi connectivity index (χ0n) is 10.8. The first kappa shape index (κ1) is 13.7. The lowest BCUT2D eigenvalue weighted by Gasteiger charge is -2.09. The van der Waals surface area contributed by atoms with E-state index in [9.17, 15) is 0 Å². The Morgan fingerprint density at radius 3 is 2.85 bits per heavy atom. The molecule has 0 atom stereocenters. The molecule has 3 nitrogen and oxygen atoms in total. The summed E-state index contributed by atoms with van der Waals surface area (Å²) in [7, 11) is 0. The third kappa shape index (κ3) is 3.63. The molecule has 1 aromatic carbocycles. The van der Waals surface area contributed by atoms with Gasteiger partial charge in [0.25, 0.3) is 0 Å². The van der Waals surface area contributed by atoms with Crippen molar-refractivity contribution in [1.29, 1.82) is 0 Å². The molecule has 1 N–H and O–H groups in total. The second kappa shape index (κ2) is 6.00. The van der Waals surface area contributed by atoms with Gasteiger partial charge in [-0.15, -0.1) is 0 Å². The number of nitrogens with zero attached hydrogens (tertiary/aromatic N) is 1. The smallest absolute Gasteiger partial charge is 0.219 e. The highest BCUT2D eigenvalue weighted by Crippen LogP contribution is 2.31. The van der Waals surface area contributed by atoms with E-state index in [1.807, 2.05) is 12.1 Å². The van der Waals surface area contributed by atoms with Crippen LogP contribution >= 0.6 is 23.2 Å². The van der Waals surface area contributed by atoms with Gasteiger partial charge in [0.1, 0.15) is 5.75 Å². The van der Waals surface area contributed by atoms with Gasteiger partial charge in [0, 0.05) is 35.9 Å². The largest absolute Gasteiger partial charge is 0.437 e. The predicted molar refractivity (Wildman–Crippen MR) is 80.6 cm³/mol. The summed E-state index contributed by atoms with van der Waals surface area (Å²) in [5.74, 6) is 1.03.